The van der Waals surface area contributed by atoms with Crippen molar-refractivity contribution in [2.24, 2.45) is 0 Å². The number of rotatable bonds is 6. The Morgan fingerprint density at radius 1 is 0.938 bits per heavy atom. The normalized spacial score (nSPS) is 11.5. The Labute approximate surface area is 198 Å². The summed E-state index contributed by atoms with van der Waals surface area (Å²) in [5.41, 5.74) is 4.54. The number of methoxy groups -OCH3 is 1. The van der Waals surface area contributed by atoms with Gasteiger partial charge < -0.3 is 4.74 Å². The Kier molecular flexibility index (Phi) is 6.58. The van der Waals surface area contributed by atoms with Crippen LogP contribution in [-0.4, -0.2) is 21.9 Å². The van der Waals surface area contributed by atoms with Crippen LogP contribution in [0.5, 0.6) is 5.75 Å². The van der Waals surface area contributed by atoms with E-state index < -0.39 is 0 Å². The van der Waals surface area contributed by atoms with Gasteiger partial charge in [-0.1, -0.05) is 80.5 Å². The molecule has 0 amide bonds. The summed E-state index contributed by atoms with van der Waals surface area (Å²) in [7, 11) is 1.68. The Balaban J connectivity index is 1.71. The highest BCUT2D eigenvalue weighted by Crippen LogP contribution is 2.32. The number of halogens is 1. The number of ether oxygens (including phenoxy) is 1. The number of benzene rings is 3. The van der Waals surface area contributed by atoms with E-state index in [4.69, 9.17) is 16.3 Å². The molecular weight excluding hydrogens is 438 g/mol. The molecule has 0 bridgehead atoms. The highest BCUT2D eigenvalue weighted by atomic mass is 35.5. The molecule has 4 rings (SSSR count). The standard InChI is InChI=1S/C26H26ClN3OS/c1-26(2,3)20-10-8-19(9-11-20)24-28-29-25(30(24)22-14-12-21(27)13-15-22)32-17-18-6-5-7-23(16-18)31-4/h5-16H,17H2,1-4H3. The molecule has 1 aromatic heterocycles. The third-order valence-electron chi connectivity index (χ3n) is 5.23. The number of hydrogen-bond donors (Lipinski definition) is 0. The van der Waals surface area contributed by atoms with Gasteiger partial charge in [0.25, 0.3) is 0 Å². The molecule has 0 saturated heterocycles. The van der Waals surface area contributed by atoms with Crippen molar-refractivity contribution in [3.05, 3.63) is 88.9 Å². The zero-order chi connectivity index (χ0) is 22.7. The molecule has 0 unspecified atom stereocenters. The van der Waals surface area contributed by atoms with Gasteiger partial charge in [0, 0.05) is 22.0 Å². The Hall–Kier alpha value is -2.76. The zero-order valence-corrected chi connectivity index (χ0v) is 20.2. The monoisotopic (exact) mass is 463 g/mol. The first kappa shape index (κ1) is 22.4. The molecule has 0 saturated carbocycles. The Morgan fingerprint density at radius 2 is 1.66 bits per heavy atom. The first-order valence-electron chi connectivity index (χ1n) is 10.4. The molecule has 0 N–H and O–H groups in total. The predicted molar refractivity (Wildman–Crippen MR) is 133 cm³/mol. The van der Waals surface area contributed by atoms with E-state index in [0.717, 1.165) is 39.3 Å². The molecule has 4 nitrogen and oxygen atoms in total. The number of nitrogens with zero attached hydrogens (tertiary/aromatic N) is 3. The summed E-state index contributed by atoms with van der Waals surface area (Å²) in [6.45, 7) is 6.64. The smallest absolute Gasteiger partial charge is 0.196 e. The van der Waals surface area contributed by atoms with Gasteiger partial charge in [0.1, 0.15) is 5.75 Å². The van der Waals surface area contributed by atoms with Crippen LogP contribution in [0.2, 0.25) is 5.02 Å². The molecule has 6 heteroatoms. The van der Waals surface area contributed by atoms with Crippen molar-refractivity contribution in [1.29, 1.82) is 0 Å². The summed E-state index contributed by atoms with van der Waals surface area (Å²) in [4.78, 5) is 0. The van der Waals surface area contributed by atoms with E-state index in [1.807, 2.05) is 42.5 Å². The van der Waals surface area contributed by atoms with Crippen LogP contribution in [0.3, 0.4) is 0 Å². The van der Waals surface area contributed by atoms with Gasteiger partial charge in [0.2, 0.25) is 0 Å². The van der Waals surface area contributed by atoms with E-state index in [2.05, 4.69) is 65.9 Å². The fourth-order valence-corrected chi connectivity index (χ4v) is 4.42. The lowest BCUT2D eigenvalue weighted by atomic mass is 9.87. The summed E-state index contributed by atoms with van der Waals surface area (Å²) >= 11 is 7.78. The maximum Gasteiger partial charge on any atom is 0.196 e. The lowest BCUT2D eigenvalue weighted by Gasteiger charge is -2.19. The quantitative estimate of drug-likeness (QED) is 0.284. The molecule has 32 heavy (non-hydrogen) atoms. The number of hydrogen-bond acceptors (Lipinski definition) is 4. The van der Waals surface area contributed by atoms with Crippen molar-refractivity contribution in [2.75, 3.05) is 7.11 Å². The summed E-state index contributed by atoms with van der Waals surface area (Å²) in [6.07, 6.45) is 0. The maximum absolute atomic E-state index is 6.14. The van der Waals surface area contributed by atoms with Gasteiger partial charge in [0.05, 0.1) is 7.11 Å². The largest absolute Gasteiger partial charge is 0.497 e. The van der Waals surface area contributed by atoms with Gasteiger partial charge in [0.15, 0.2) is 11.0 Å². The van der Waals surface area contributed by atoms with Crippen LogP contribution in [0.25, 0.3) is 17.1 Å². The van der Waals surface area contributed by atoms with Crippen LogP contribution >= 0.6 is 23.4 Å². The third kappa shape index (κ3) is 5.00. The van der Waals surface area contributed by atoms with Crippen LogP contribution < -0.4 is 4.74 Å². The molecule has 3 aromatic carbocycles. The SMILES string of the molecule is COc1cccc(CSc2nnc(-c3ccc(C(C)(C)C)cc3)n2-c2ccc(Cl)cc2)c1. The van der Waals surface area contributed by atoms with Gasteiger partial charge in [-0.05, 0) is 52.9 Å². The Morgan fingerprint density at radius 3 is 2.31 bits per heavy atom. The average Bonchev–Trinajstić information content (AvgIpc) is 3.22. The second-order valence-electron chi connectivity index (χ2n) is 8.59. The van der Waals surface area contributed by atoms with E-state index in [1.165, 1.54) is 5.56 Å². The molecule has 0 spiro atoms. The second kappa shape index (κ2) is 9.39. The first-order valence-corrected chi connectivity index (χ1v) is 11.8. The van der Waals surface area contributed by atoms with Gasteiger partial charge in [-0.25, -0.2) is 0 Å². The van der Waals surface area contributed by atoms with Crippen molar-refractivity contribution in [3.8, 4) is 22.8 Å². The van der Waals surface area contributed by atoms with Crippen LogP contribution in [0.1, 0.15) is 31.9 Å². The van der Waals surface area contributed by atoms with Crippen molar-refractivity contribution in [3.63, 3.8) is 0 Å². The van der Waals surface area contributed by atoms with Crippen molar-refractivity contribution in [2.45, 2.75) is 37.1 Å². The van der Waals surface area contributed by atoms with E-state index in [-0.39, 0.29) is 5.41 Å². The number of aromatic nitrogens is 3. The van der Waals surface area contributed by atoms with Gasteiger partial charge >= 0.3 is 0 Å². The van der Waals surface area contributed by atoms with Crippen molar-refractivity contribution < 1.29 is 4.74 Å². The summed E-state index contributed by atoms with van der Waals surface area (Å²) in [5, 5.41) is 10.6. The van der Waals surface area contributed by atoms with Crippen LogP contribution in [0, 0.1) is 0 Å². The summed E-state index contributed by atoms with van der Waals surface area (Å²) < 4.78 is 7.44. The van der Waals surface area contributed by atoms with E-state index in [9.17, 15) is 0 Å². The average molecular weight is 464 g/mol. The van der Waals surface area contributed by atoms with Crippen LogP contribution in [0.4, 0.5) is 0 Å². The topological polar surface area (TPSA) is 39.9 Å². The lowest BCUT2D eigenvalue weighted by Crippen LogP contribution is -2.10. The molecule has 0 aliphatic carbocycles. The maximum atomic E-state index is 6.14. The molecule has 0 atom stereocenters. The summed E-state index contributed by atoms with van der Waals surface area (Å²) in [6, 6.07) is 24.4. The molecule has 0 fully saturated rings. The van der Waals surface area contributed by atoms with Crippen LogP contribution in [0.15, 0.2) is 78.0 Å². The minimum absolute atomic E-state index is 0.0974. The minimum atomic E-state index is 0.0974. The third-order valence-corrected chi connectivity index (χ3v) is 6.48. The zero-order valence-electron chi connectivity index (χ0n) is 18.7. The summed E-state index contributed by atoms with van der Waals surface area (Å²) in [5.74, 6) is 2.41. The minimum Gasteiger partial charge on any atom is -0.497 e. The van der Waals surface area contributed by atoms with Gasteiger partial charge in [-0.2, -0.15) is 0 Å². The highest BCUT2D eigenvalue weighted by Gasteiger charge is 2.18. The molecule has 0 aliphatic rings. The van der Waals surface area contributed by atoms with E-state index in [1.54, 1.807) is 18.9 Å². The molecule has 0 radical (unpaired) electrons. The fourth-order valence-electron chi connectivity index (χ4n) is 3.40. The fraction of sp³-hybridized carbons (Fsp3) is 0.231. The lowest BCUT2D eigenvalue weighted by molar-refractivity contribution is 0.414. The van der Waals surface area contributed by atoms with Gasteiger partial charge in [-0.3, -0.25) is 4.57 Å². The molecule has 0 aliphatic heterocycles. The Bertz CT molecular complexity index is 1200. The first-order chi connectivity index (χ1) is 15.3. The molecule has 1 heterocycles. The predicted octanol–water partition coefficient (Wildman–Crippen LogP) is 7.19. The second-order valence-corrected chi connectivity index (χ2v) is 9.96. The molecule has 164 valence electrons. The highest BCUT2D eigenvalue weighted by molar-refractivity contribution is 7.98. The van der Waals surface area contributed by atoms with E-state index in [0.29, 0.717) is 5.02 Å². The van der Waals surface area contributed by atoms with Crippen molar-refractivity contribution >= 4 is 23.4 Å². The van der Waals surface area contributed by atoms with Crippen molar-refractivity contribution in [1.82, 2.24) is 14.8 Å². The van der Waals surface area contributed by atoms with Gasteiger partial charge in [-0.15, -0.1) is 10.2 Å². The molecule has 4 aromatic rings. The van der Waals surface area contributed by atoms with Crippen LogP contribution in [-0.2, 0) is 11.2 Å². The van der Waals surface area contributed by atoms with E-state index >= 15 is 0 Å². The number of thioether (sulfide) groups is 1. The molecular formula is C26H26ClN3OS.